The first kappa shape index (κ1) is 16.1. The van der Waals surface area contributed by atoms with Crippen molar-refractivity contribution in [1.82, 2.24) is 4.31 Å². The second-order valence-electron chi connectivity index (χ2n) is 4.71. The van der Waals surface area contributed by atoms with E-state index in [9.17, 15) is 8.42 Å². The molecule has 0 saturated carbocycles. The highest BCUT2D eigenvalue weighted by Crippen LogP contribution is 2.18. The van der Waals surface area contributed by atoms with Gasteiger partial charge in [-0.3, -0.25) is 0 Å². The van der Waals surface area contributed by atoms with Gasteiger partial charge in [-0.15, -0.1) is 0 Å². The molecule has 0 radical (unpaired) electrons. The number of sulfonamides is 1. The van der Waals surface area contributed by atoms with Crippen LogP contribution in [0, 0.1) is 0 Å². The third-order valence-electron chi connectivity index (χ3n) is 3.02. The summed E-state index contributed by atoms with van der Waals surface area (Å²) in [7, 11) is -3.28. The van der Waals surface area contributed by atoms with E-state index in [1.807, 2.05) is 24.3 Å². The van der Waals surface area contributed by atoms with Gasteiger partial charge in [0.15, 0.2) is 5.94 Å². The SMILES string of the molecule is CCCOc1ccc(OCCN2CCOCS2(=O)=O)cc1. The standard InChI is InChI=1S/C14H21NO5S/c1-2-9-19-13-3-5-14(6-4-13)20-11-8-15-7-10-18-12-21(15,16)17/h3-6H,2,7-12H2,1H3. The molecule has 1 aromatic carbocycles. The topological polar surface area (TPSA) is 65.1 Å². The summed E-state index contributed by atoms with van der Waals surface area (Å²) in [6, 6.07) is 7.32. The van der Waals surface area contributed by atoms with Gasteiger partial charge in [0.25, 0.3) is 0 Å². The molecule has 0 aromatic heterocycles. The number of ether oxygens (including phenoxy) is 3. The lowest BCUT2D eigenvalue weighted by atomic mass is 10.3. The molecule has 6 nitrogen and oxygen atoms in total. The first-order valence-corrected chi connectivity index (χ1v) is 8.64. The second kappa shape index (κ2) is 7.63. The maximum absolute atomic E-state index is 11.7. The summed E-state index contributed by atoms with van der Waals surface area (Å²) >= 11 is 0. The predicted molar refractivity (Wildman–Crippen MR) is 79.0 cm³/mol. The summed E-state index contributed by atoms with van der Waals surface area (Å²) in [5, 5.41) is 0. The number of nitrogens with zero attached hydrogens (tertiary/aromatic N) is 1. The molecule has 1 aromatic rings. The molecular weight excluding hydrogens is 294 g/mol. The van der Waals surface area contributed by atoms with Crippen molar-refractivity contribution >= 4 is 10.0 Å². The summed E-state index contributed by atoms with van der Waals surface area (Å²) in [5.41, 5.74) is 0. The van der Waals surface area contributed by atoms with E-state index in [4.69, 9.17) is 14.2 Å². The van der Waals surface area contributed by atoms with Crippen LogP contribution in [0.4, 0.5) is 0 Å². The third kappa shape index (κ3) is 4.87. The van der Waals surface area contributed by atoms with Crippen LogP contribution in [-0.4, -0.2) is 51.6 Å². The highest BCUT2D eigenvalue weighted by Gasteiger charge is 2.25. The Morgan fingerprint density at radius 3 is 2.33 bits per heavy atom. The van der Waals surface area contributed by atoms with E-state index >= 15 is 0 Å². The zero-order valence-electron chi connectivity index (χ0n) is 12.2. The Balaban J connectivity index is 1.78. The van der Waals surface area contributed by atoms with Crippen LogP contribution >= 0.6 is 0 Å². The third-order valence-corrected chi connectivity index (χ3v) is 4.63. The lowest BCUT2D eigenvalue weighted by molar-refractivity contribution is 0.126. The van der Waals surface area contributed by atoms with Crippen molar-refractivity contribution in [1.29, 1.82) is 0 Å². The van der Waals surface area contributed by atoms with Crippen molar-refractivity contribution in [2.24, 2.45) is 0 Å². The van der Waals surface area contributed by atoms with Crippen LogP contribution in [0.25, 0.3) is 0 Å². The smallest absolute Gasteiger partial charge is 0.238 e. The minimum absolute atomic E-state index is 0.240. The second-order valence-corrected chi connectivity index (χ2v) is 6.62. The highest BCUT2D eigenvalue weighted by molar-refractivity contribution is 7.88. The summed E-state index contributed by atoms with van der Waals surface area (Å²) in [4.78, 5) is 0. The van der Waals surface area contributed by atoms with E-state index in [1.165, 1.54) is 4.31 Å². The van der Waals surface area contributed by atoms with Crippen LogP contribution in [0.1, 0.15) is 13.3 Å². The Hall–Kier alpha value is -1.31. The maximum Gasteiger partial charge on any atom is 0.238 e. The summed E-state index contributed by atoms with van der Waals surface area (Å²) in [6.45, 7) is 4.21. The fourth-order valence-electron chi connectivity index (χ4n) is 1.91. The van der Waals surface area contributed by atoms with Crippen LogP contribution in [-0.2, 0) is 14.8 Å². The summed E-state index contributed by atoms with van der Waals surface area (Å²) in [5.74, 6) is 1.26. The van der Waals surface area contributed by atoms with Gasteiger partial charge >= 0.3 is 0 Å². The van der Waals surface area contributed by atoms with E-state index in [0.29, 0.717) is 38.7 Å². The fourth-order valence-corrected chi connectivity index (χ4v) is 3.10. The molecule has 1 aliphatic rings. The molecule has 118 valence electrons. The van der Waals surface area contributed by atoms with Gasteiger partial charge in [-0.05, 0) is 30.7 Å². The van der Waals surface area contributed by atoms with Crippen LogP contribution in [0.5, 0.6) is 11.5 Å². The molecule has 0 bridgehead atoms. The van der Waals surface area contributed by atoms with E-state index < -0.39 is 10.0 Å². The average Bonchev–Trinajstić information content (AvgIpc) is 2.48. The molecule has 0 atom stereocenters. The zero-order chi connectivity index (χ0) is 15.1. The number of hydrogen-bond acceptors (Lipinski definition) is 5. The van der Waals surface area contributed by atoms with Crippen LogP contribution < -0.4 is 9.47 Å². The first-order chi connectivity index (χ1) is 10.1. The maximum atomic E-state index is 11.7. The van der Waals surface area contributed by atoms with Gasteiger partial charge in [0.05, 0.1) is 13.2 Å². The Morgan fingerprint density at radius 1 is 1.14 bits per heavy atom. The monoisotopic (exact) mass is 315 g/mol. The Bertz CT molecular complexity index is 529. The highest BCUT2D eigenvalue weighted by atomic mass is 32.2. The van der Waals surface area contributed by atoms with Gasteiger partial charge in [0, 0.05) is 13.1 Å². The minimum Gasteiger partial charge on any atom is -0.494 e. The van der Waals surface area contributed by atoms with Crippen LogP contribution in [0.2, 0.25) is 0 Å². The molecule has 0 spiro atoms. The molecule has 0 amide bonds. The minimum atomic E-state index is -3.28. The predicted octanol–water partition coefficient (Wildman–Crippen LogP) is 1.47. The summed E-state index contributed by atoms with van der Waals surface area (Å²) < 4.78 is 40.8. The molecule has 2 rings (SSSR count). The molecule has 21 heavy (non-hydrogen) atoms. The van der Waals surface area contributed by atoms with Gasteiger partial charge in [-0.2, -0.15) is 4.31 Å². The van der Waals surface area contributed by atoms with E-state index in [1.54, 1.807) is 0 Å². The lowest BCUT2D eigenvalue weighted by Gasteiger charge is -2.26. The molecule has 1 fully saturated rings. The van der Waals surface area contributed by atoms with Gasteiger partial charge in [-0.1, -0.05) is 6.92 Å². The van der Waals surface area contributed by atoms with Crippen LogP contribution in [0.3, 0.4) is 0 Å². The zero-order valence-corrected chi connectivity index (χ0v) is 13.0. The Morgan fingerprint density at radius 2 is 1.76 bits per heavy atom. The normalized spacial score (nSPS) is 18.3. The molecule has 0 aliphatic carbocycles. The number of rotatable bonds is 7. The Labute approximate surface area is 125 Å². The van der Waals surface area contributed by atoms with Gasteiger partial charge < -0.3 is 14.2 Å². The van der Waals surface area contributed by atoms with Crippen molar-refractivity contribution in [3.05, 3.63) is 24.3 Å². The number of hydrogen-bond donors (Lipinski definition) is 0. The van der Waals surface area contributed by atoms with Crippen molar-refractivity contribution in [3.63, 3.8) is 0 Å². The van der Waals surface area contributed by atoms with Crippen molar-refractivity contribution in [2.75, 3.05) is 38.8 Å². The van der Waals surface area contributed by atoms with E-state index in [0.717, 1.165) is 12.2 Å². The van der Waals surface area contributed by atoms with Crippen molar-refractivity contribution in [2.45, 2.75) is 13.3 Å². The molecule has 0 N–H and O–H groups in total. The molecule has 0 unspecified atom stereocenters. The van der Waals surface area contributed by atoms with Gasteiger partial charge in [0.2, 0.25) is 10.0 Å². The molecular formula is C14H21NO5S. The Kier molecular flexibility index (Phi) is 5.84. The van der Waals surface area contributed by atoms with E-state index in [-0.39, 0.29) is 5.94 Å². The molecule has 1 aliphatic heterocycles. The number of benzene rings is 1. The van der Waals surface area contributed by atoms with Crippen molar-refractivity contribution in [3.8, 4) is 11.5 Å². The average molecular weight is 315 g/mol. The summed E-state index contributed by atoms with van der Waals surface area (Å²) in [6.07, 6.45) is 0.965. The first-order valence-electron chi connectivity index (χ1n) is 7.03. The van der Waals surface area contributed by atoms with Crippen LogP contribution in [0.15, 0.2) is 24.3 Å². The molecule has 1 heterocycles. The van der Waals surface area contributed by atoms with Crippen molar-refractivity contribution < 1.29 is 22.6 Å². The molecule has 7 heteroatoms. The quantitative estimate of drug-likeness (QED) is 0.762. The van der Waals surface area contributed by atoms with E-state index in [2.05, 4.69) is 6.92 Å². The lowest BCUT2D eigenvalue weighted by Crippen LogP contribution is -2.43. The van der Waals surface area contributed by atoms with Gasteiger partial charge in [-0.25, -0.2) is 8.42 Å². The largest absolute Gasteiger partial charge is 0.494 e. The molecule has 1 saturated heterocycles. The fraction of sp³-hybridized carbons (Fsp3) is 0.571. The van der Waals surface area contributed by atoms with Gasteiger partial charge in [0.1, 0.15) is 18.1 Å².